The van der Waals surface area contributed by atoms with E-state index in [-0.39, 0.29) is 12.5 Å². The van der Waals surface area contributed by atoms with Gasteiger partial charge in [-0.25, -0.2) is 4.79 Å². The maximum absolute atomic E-state index is 12.0. The van der Waals surface area contributed by atoms with Gasteiger partial charge in [-0.15, -0.1) is 0 Å². The topological polar surface area (TPSA) is 55.4 Å². The predicted molar refractivity (Wildman–Crippen MR) is 84.5 cm³/mol. The lowest BCUT2D eigenvalue weighted by molar-refractivity contribution is -0.124. The monoisotopic (exact) mass is 297 g/mol. The van der Waals surface area contributed by atoms with Gasteiger partial charge in [-0.1, -0.05) is 48.0 Å². The molecule has 0 radical (unpaired) electrons. The summed E-state index contributed by atoms with van der Waals surface area (Å²) < 4.78 is 5.05. The van der Waals surface area contributed by atoms with Gasteiger partial charge in [-0.05, 0) is 31.0 Å². The Bertz CT molecular complexity index is 665. The second kappa shape index (κ2) is 7.41. The first-order valence-corrected chi connectivity index (χ1v) is 7.11. The Morgan fingerprint density at radius 2 is 1.77 bits per heavy atom. The van der Waals surface area contributed by atoms with Crippen LogP contribution in [0.5, 0.6) is 0 Å². The van der Waals surface area contributed by atoms with Gasteiger partial charge in [0.1, 0.15) is 0 Å². The van der Waals surface area contributed by atoms with Crippen molar-refractivity contribution >= 4 is 11.9 Å². The molecule has 0 unspecified atom stereocenters. The predicted octanol–water partition coefficient (Wildman–Crippen LogP) is 2.78. The Labute approximate surface area is 130 Å². The molecule has 22 heavy (non-hydrogen) atoms. The maximum Gasteiger partial charge on any atom is 0.338 e. The molecule has 4 nitrogen and oxygen atoms in total. The zero-order valence-electron chi connectivity index (χ0n) is 12.8. The van der Waals surface area contributed by atoms with Crippen molar-refractivity contribution < 1.29 is 14.3 Å². The van der Waals surface area contributed by atoms with E-state index in [0.29, 0.717) is 12.1 Å². The van der Waals surface area contributed by atoms with E-state index < -0.39 is 5.97 Å². The van der Waals surface area contributed by atoms with Crippen LogP contribution in [0.25, 0.3) is 0 Å². The van der Waals surface area contributed by atoms with E-state index >= 15 is 0 Å². The zero-order chi connectivity index (χ0) is 15.9. The average Bonchev–Trinajstić information content (AvgIpc) is 2.51. The van der Waals surface area contributed by atoms with Gasteiger partial charge in [-0.2, -0.15) is 0 Å². The second-order valence-corrected chi connectivity index (χ2v) is 5.16. The maximum atomic E-state index is 12.0. The van der Waals surface area contributed by atoms with Crippen molar-refractivity contribution in [2.45, 2.75) is 20.4 Å². The van der Waals surface area contributed by atoms with Crippen LogP contribution in [0.15, 0.2) is 48.5 Å². The second-order valence-electron chi connectivity index (χ2n) is 5.16. The molecule has 1 amide bonds. The van der Waals surface area contributed by atoms with E-state index in [2.05, 4.69) is 5.32 Å². The zero-order valence-corrected chi connectivity index (χ0v) is 12.8. The fourth-order valence-corrected chi connectivity index (χ4v) is 2.10. The van der Waals surface area contributed by atoms with E-state index in [1.807, 2.05) is 56.3 Å². The van der Waals surface area contributed by atoms with Gasteiger partial charge in [0.05, 0.1) is 5.56 Å². The molecule has 2 aromatic carbocycles. The summed E-state index contributed by atoms with van der Waals surface area (Å²) in [5.74, 6) is -0.797. The van der Waals surface area contributed by atoms with Crippen LogP contribution in [-0.2, 0) is 16.1 Å². The Hall–Kier alpha value is -2.62. The molecule has 0 saturated carbocycles. The van der Waals surface area contributed by atoms with E-state index in [1.54, 1.807) is 6.07 Å². The summed E-state index contributed by atoms with van der Waals surface area (Å²) >= 11 is 0. The van der Waals surface area contributed by atoms with Crippen molar-refractivity contribution in [2.75, 3.05) is 6.61 Å². The third kappa shape index (κ3) is 4.45. The lowest BCUT2D eigenvalue weighted by Gasteiger charge is -2.08. The molecule has 0 atom stereocenters. The van der Waals surface area contributed by atoms with Gasteiger partial charge in [0, 0.05) is 6.54 Å². The fraction of sp³-hybridized carbons (Fsp3) is 0.222. The summed E-state index contributed by atoms with van der Waals surface area (Å²) in [5.41, 5.74) is 3.40. The molecule has 2 aromatic rings. The van der Waals surface area contributed by atoms with Crippen LogP contribution in [0, 0.1) is 13.8 Å². The molecule has 0 aromatic heterocycles. The van der Waals surface area contributed by atoms with E-state index in [0.717, 1.165) is 16.7 Å². The largest absolute Gasteiger partial charge is 0.452 e. The molecule has 0 aliphatic carbocycles. The van der Waals surface area contributed by atoms with Crippen LogP contribution in [0.4, 0.5) is 0 Å². The minimum Gasteiger partial charge on any atom is -0.452 e. The number of hydrogen-bond acceptors (Lipinski definition) is 3. The highest BCUT2D eigenvalue weighted by Crippen LogP contribution is 2.11. The van der Waals surface area contributed by atoms with Crippen LogP contribution >= 0.6 is 0 Å². The van der Waals surface area contributed by atoms with Crippen molar-refractivity contribution in [3.63, 3.8) is 0 Å². The highest BCUT2D eigenvalue weighted by Gasteiger charge is 2.12. The number of hydrogen-bond donors (Lipinski definition) is 1. The Balaban J connectivity index is 1.82. The van der Waals surface area contributed by atoms with Crippen molar-refractivity contribution in [3.8, 4) is 0 Å². The fourth-order valence-electron chi connectivity index (χ4n) is 2.10. The summed E-state index contributed by atoms with van der Waals surface area (Å²) in [5, 5.41) is 2.71. The normalized spacial score (nSPS) is 10.1. The lowest BCUT2D eigenvalue weighted by Crippen LogP contribution is -2.28. The lowest BCUT2D eigenvalue weighted by atomic mass is 10.1. The van der Waals surface area contributed by atoms with Crippen LogP contribution in [-0.4, -0.2) is 18.5 Å². The standard InChI is InChI=1S/C18H19NO3/c1-13-8-9-16(14(2)10-13)18(21)22-12-17(20)19-11-15-6-4-3-5-7-15/h3-10H,11-12H2,1-2H3,(H,19,20). The number of carbonyl (C=O) groups excluding carboxylic acids is 2. The van der Waals surface area contributed by atoms with Crippen molar-refractivity contribution in [3.05, 3.63) is 70.8 Å². The van der Waals surface area contributed by atoms with E-state index in [1.165, 1.54) is 0 Å². The molecule has 0 heterocycles. The highest BCUT2D eigenvalue weighted by molar-refractivity contribution is 5.92. The number of aryl methyl sites for hydroxylation is 2. The molecule has 0 spiro atoms. The molecule has 2 rings (SSSR count). The van der Waals surface area contributed by atoms with Crippen molar-refractivity contribution in [1.82, 2.24) is 5.32 Å². The molecular weight excluding hydrogens is 278 g/mol. The smallest absolute Gasteiger partial charge is 0.338 e. The molecule has 0 saturated heterocycles. The number of rotatable bonds is 5. The van der Waals surface area contributed by atoms with Gasteiger partial charge in [-0.3, -0.25) is 4.79 Å². The molecule has 4 heteroatoms. The number of esters is 1. The van der Waals surface area contributed by atoms with Crippen molar-refractivity contribution in [2.24, 2.45) is 0 Å². The van der Waals surface area contributed by atoms with Gasteiger partial charge in [0.25, 0.3) is 5.91 Å². The minimum atomic E-state index is -0.479. The number of nitrogens with one attached hydrogen (secondary N) is 1. The van der Waals surface area contributed by atoms with Crippen LogP contribution in [0.2, 0.25) is 0 Å². The van der Waals surface area contributed by atoms with Gasteiger partial charge in [0.2, 0.25) is 0 Å². The van der Waals surface area contributed by atoms with Crippen LogP contribution in [0.1, 0.15) is 27.0 Å². The Kier molecular flexibility index (Phi) is 5.31. The quantitative estimate of drug-likeness (QED) is 0.863. The third-order valence-electron chi connectivity index (χ3n) is 3.27. The summed E-state index contributed by atoms with van der Waals surface area (Å²) in [6.07, 6.45) is 0. The molecule has 114 valence electrons. The van der Waals surface area contributed by atoms with Gasteiger partial charge < -0.3 is 10.1 Å². The number of benzene rings is 2. The number of carbonyl (C=O) groups is 2. The third-order valence-corrected chi connectivity index (χ3v) is 3.27. The van der Waals surface area contributed by atoms with Crippen LogP contribution in [0.3, 0.4) is 0 Å². The minimum absolute atomic E-state index is 0.279. The molecule has 1 N–H and O–H groups in total. The van der Waals surface area contributed by atoms with E-state index in [9.17, 15) is 9.59 Å². The average molecular weight is 297 g/mol. The first-order valence-electron chi connectivity index (χ1n) is 7.11. The molecule has 0 bridgehead atoms. The van der Waals surface area contributed by atoms with Crippen LogP contribution < -0.4 is 5.32 Å². The molecule has 0 fully saturated rings. The number of amides is 1. The first-order chi connectivity index (χ1) is 10.6. The number of ether oxygens (including phenoxy) is 1. The summed E-state index contributed by atoms with van der Waals surface area (Å²) in [4.78, 5) is 23.7. The SMILES string of the molecule is Cc1ccc(C(=O)OCC(=O)NCc2ccccc2)c(C)c1. The summed E-state index contributed by atoms with van der Waals surface area (Å²) in [6, 6.07) is 15.0. The van der Waals surface area contributed by atoms with E-state index in [4.69, 9.17) is 4.74 Å². The Morgan fingerprint density at radius 3 is 2.45 bits per heavy atom. The molecule has 0 aliphatic heterocycles. The molecule has 0 aliphatic rings. The Morgan fingerprint density at radius 1 is 1.05 bits per heavy atom. The first kappa shape index (κ1) is 15.8. The summed E-state index contributed by atoms with van der Waals surface area (Å²) in [7, 11) is 0. The highest BCUT2D eigenvalue weighted by atomic mass is 16.5. The van der Waals surface area contributed by atoms with Crippen molar-refractivity contribution in [1.29, 1.82) is 0 Å². The molecular formula is C18H19NO3. The summed E-state index contributed by atoms with van der Waals surface area (Å²) in [6.45, 7) is 3.94. The van der Waals surface area contributed by atoms with Gasteiger partial charge in [0.15, 0.2) is 6.61 Å². The van der Waals surface area contributed by atoms with Gasteiger partial charge >= 0.3 is 5.97 Å².